The minimum Gasteiger partial charge on any atom is -0.489 e. The first-order chi connectivity index (χ1) is 11.7. The van der Waals surface area contributed by atoms with Crippen molar-refractivity contribution in [3.63, 3.8) is 0 Å². The molecule has 0 radical (unpaired) electrons. The molecule has 24 heavy (non-hydrogen) atoms. The molecule has 0 atom stereocenters. The van der Waals surface area contributed by atoms with Crippen molar-refractivity contribution in [3.05, 3.63) is 59.9 Å². The number of hydrogen-bond donors (Lipinski definition) is 2. The topological polar surface area (TPSA) is 63.6 Å². The molecule has 0 aliphatic carbocycles. The van der Waals surface area contributed by atoms with Crippen LogP contribution >= 0.6 is 0 Å². The maximum atomic E-state index is 10.4. The molecule has 0 amide bonds. The summed E-state index contributed by atoms with van der Waals surface area (Å²) in [5.41, 5.74) is 1.63. The van der Waals surface area contributed by atoms with Gasteiger partial charge in [-0.05, 0) is 35.4 Å². The molecule has 2 aromatic rings. The molecule has 3 rings (SSSR count). The SMILES string of the molecule is OC1(CNCc2ccc(OCc3ccncc3)cc2)CCOCC1. The summed E-state index contributed by atoms with van der Waals surface area (Å²) in [6.45, 7) is 3.14. The van der Waals surface area contributed by atoms with Gasteiger partial charge in [-0.3, -0.25) is 4.98 Å². The fraction of sp³-hybridized carbons (Fsp3) is 0.421. The number of nitrogens with zero attached hydrogens (tertiary/aromatic N) is 1. The zero-order valence-corrected chi connectivity index (χ0v) is 13.8. The van der Waals surface area contributed by atoms with Gasteiger partial charge in [-0.2, -0.15) is 0 Å². The Bertz CT molecular complexity index is 610. The van der Waals surface area contributed by atoms with Crippen molar-refractivity contribution in [3.8, 4) is 5.75 Å². The number of ether oxygens (including phenoxy) is 2. The van der Waals surface area contributed by atoms with Gasteiger partial charge in [-0.25, -0.2) is 0 Å². The molecule has 0 saturated carbocycles. The third-order valence-electron chi connectivity index (χ3n) is 4.28. The van der Waals surface area contributed by atoms with Gasteiger partial charge in [-0.15, -0.1) is 0 Å². The van der Waals surface area contributed by atoms with Gasteiger partial charge in [0, 0.05) is 51.5 Å². The number of rotatable bonds is 7. The Morgan fingerprint density at radius 2 is 1.75 bits per heavy atom. The van der Waals surface area contributed by atoms with Gasteiger partial charge in [0.2, 0.25) is 0 Å². The van der Waals surface area contributed by atoms with Crippen molar-refractivity contribution in [2.24, 2.45) is 0 Å². The average molecular weight is 328 g/mol. The molecule has 0 unspecified atom stereocenters. The molecular weight excluding hydrogens is 304 g/mol. The first kappa shape index (κ1) is 16.9. The summed E-state index contributed by atoms with van der Waals surface area (Å²) in [5, 5.41) is 13.7. The van der Waals surface area contributed by atoms with E-state index in [1.165, 1.54) is 5.56 Å². The Labute approximate surface area is 142 Å². The van der Waals surface area contributed by atoms with E-state index in [0.29, 0.717) is 39.2 Å². The summed E-state index contributed by atoms with van der Waals surface area (Å²) in [5.74, 6) is 0.846. The molecular formula is C19H24N2O3. The maximum Gasteiger partial charge on any atom is 0.119 e. The van der Waals surface area contributed by atoms with Crippen LogP contribution in [0, 0.1) is 0 Å². The van der Waals surface area contributed by atoms with Crippen LogP contribution in [-0.4, -0.2) is 35.5 Å². The van der Waals surface area contributed by atoms with Crippen LogP contribution in [0.25, 0.3) is 0 Å². The second-order valence-corrected chi connectivity index (χ2v) is 6.23. The molecule has 1 aromatic heterocycles. The van der Waals surface area contributed by atoms with E-state index in [9.17, 15) is 5.11 Å². The second kappa shape index (κ2) is 8.24. The van der Waals surface area contributed by atoms with Crippen molar-refractivity contribution < 1.29 is 14.6 Å². The smallest absolute Gasteiger partial charge is 0.119 e. The lowest BCUT2D eigenvalue weighted by molar-refractivity contribution is -0.0617. The van der Waals surface area contributed by atoms with E-state index in [0.717, 1.165) is 17.9 Å². The van der Waals surface area contributed by atoms with Crippen LogP contribution < -0.4 is 10.1 Å². The van der Waals surface area contributed by atoms with Gasteiger partial charge in [0.1, 0.15) is 12.4 Å². The molecule has 2 heterocycles. The van der Waals surface area contributed by atoms with Crippen molar-refractivity contribution in [1.29, 1.82) is 0 Å². The number of pyridine rings is 1. The number of benzene rings is 1. The van der Waals surface area contributed by atoms with Gasteiger partial charge < -0.3 is 19.9 Å². The summed E-state index contributed by atoms with van der Waals surface area (Å²) in [4.78, 5) is 3.99. The lowest BCUT2D eigenvalue weighted by atomic mass is 9.94. The Hall–Kier alpha value is -1.95. The number of hydrogen-bond acceptors (Lipinski definition) is 5. The van der Waals surface area contributed by atoms with Crippen LogP contribution in [0.5, 0.6) is 5.75 Å². The van der Waals surface area contributed by atoms with E-state index < -0.39 is 5.60 Å². The van der Waals surface area contributed by atoms with Gasteiger partial charge in [0.15, 0.2) is 0 Å². The van der Waals surface area contributed by atoms with Crippen LogP contribution in [0.3, 0.4) is 0 Å². The molecule has 0 bridgehead atoms. The minimum absolute atomic E-state index is 0.537. The van der Waals surface area contributed by atoms with E-state index >= 15 is 0 Å². The Balaban J connectivity index is 1.42. The van der Waals surface area contributed by atoms with Crippen molar-refractivity contribution in [2.45, 2.75) is 31.6 Å². The maximum absolute atomic E-state index is 10.4. The standard InChI is InChI=1S/C19H24N2O3/c22-19(7-11-23-12-8-19)15-21-13-16-1-3-18(4-2-16)24-14-17-5-9-20-10-6-17/h1-6,9-10,21-22H,7-8,11-15H2. The summed E-state index contributed by atoms with van der Waals surface area (Å²) in [6.07, 6.45) is 4.92. The third-order valence-corrected chi connectivity index (χ3v) is 4.28. The molecule has 5 nitrogen and oxygen atoms in total. The Morgan fingerprint density at radius 1 is 1.04 bits per heavy atom. The molecule has 1 saturated heterocycles. The van der Waals surface area contributed by atoms with Crippen LogP contribution in [0.4, 0.5) is 0 Å². The molecule has 1 aliphatic rings. The Morgan fingerprint density at radius 3 is 2.46 bits per heavy atom. The van der Waals surface area contributed by atoms with Crippen LogP contribution in [0.15, 0.2) is 48.8 Å². The van der Waals surface area contributed by atoms with E-state index in [4.69, 9.17) is 9.47 Å². The third kappa shape index (κ3) is 5.03. The second-order valence-electron chi connectivity index (χ2n) is 6.23. The lowest BCUT2D eigenvalue weighted by Crippen LogP contribution is -2.44. The van der Waals surface area contributed by atoms with Crippen LogP contribution in [0.1, 0.15) is 24.0 Å². The molecule has 0 spiro atoms. The van der Waals surface area contributed by atoms with Crippen molar-refractivity contribution in [2.75, 3.05) is 19.8 Å². The van der Waals surface area contributed by atoms with E-state index in [1.54, 1.807) is 12.4 Å². The van der Waals surface area contributed by atoms with E-state index in [2.05, 4.69) is 10.3 Å². The predicted octanol–water partition coefficient (Wildman–Crippen LogP) is 2.29. The number of nitrogens with one attached hydrogen (secondary N) is 1. The fourth-order valence-electron chi connectivity index (χ4n) is 2.72. The number of aliphatic hydroxyl groups is 1. The lowest BCUT2D eigenvalue weighted by Gasteiger charge is -2.32. The minimum atomic E-state index is -0.633. The summed E-state index contributed by atoms with van der Waals surface area (Å²) < 4.78 is 11.1. The first-order valence-electron chi connectivity index (χ1n) is 8.35. The van der Waals surface area contributed by atoms with Crippen molar-refractivity contribution in [1.82, 2.24) is 10.3 Å². The zero-order chi connectivity index (χ0) is 16.7. The summed E-state index contributed by atoms with van der Waals surface area (Å²) in [7, 11) is 0. The highest BCUT2D eigenvalue weighted by Crippen LogP contribution is 2.19. The van der Waals surface area contributed by atoms with E-state index in [-0.39, 0.29) is 0 Å². The van der Waals surface area contributed by atoms with Crippen LogP contribution in [0.2, 0.25) is 0 Å². The molecule has 1 aromatic carbocycles. The van der Waals surface area contributed by atoms with Crippen LogP contribution in [-0.2, 0) is 17.9 Å². The fourth-order valence-corrected chi connectivity index (χ4v) is 2.72. The zero-order valence-electron chi connectivity index (χ0n) is 13.8. The molecule has 1 aliphatic heterocycles. The highest BCUT2D eigenvalue weighted by Gasteiger charge is 2.28. The van der Waals surface area contributed by atoms with Gasteiger partial charge in [0.25, 0.3) is 0 Å². The molecule has 1 fully saturated rings. The van der Waals surface area contributed by atoms with Gasteiger partial charge >= 0.3 is 0 Å². The summed E-state index contributed by atoms with van der Waals surface area (Å²) in [6, 6.07) is 11.9. The quantitative estimate of drug-likeness (QED) is 0.816. The number of aromatic nitrogens is 1. The van der Waals surface area contributed by atoms with Gasteiger partial charge in [-0.1, -0.05) is 12.1 Å². The van der Waals surface area contributed by atoms with E-state index in [1.807, 2.05) is 36.4 Å². The van der Waals surface area contributed by atoms with Crippen molar-refractivity contribution >= 4 is 0 Å². The largest absolute Gasteiger partial charge is 0.489 e. The Kier molecular flexibility index (Phi) is 5.80. The summed E-state index contributed by atoms with van der Waals surface area (Å²) >= 11 is 0. The highest BCUT2D eigenvalue weighted by molar-refractivity contribution is 5.27. The van der Waals surface area contributed by atoms with Gasteiger partial charge in [0.05, 0.1) is 5.60 Å². The molecule has 5 heteroatoms. The molecule has 2 N–H and O–H groups in total. The predicted molar refractivity (Wildman–Crippen MR) is 91.7 cm³/mol. The first-order valence-corrected chi connectivity index (χ1v) is 8.35. The monoisotopic (exact) mass is 328 g/mol. The highest BCUT2D eigenvalue weighted by atomic mass is 16.5. The molecule has 128 valence electrons. The normalized spacial score (nSPS) is 16.7. The average Bonchev–Trinajstić information content (AvgIpc) is 2.62.